The molecule has 0 fully saturated rings. The minimum absolute atomic E-state index is 0.0902. The number of carbonyl (C=O) groups excluding carboxylic acids is 1. The van der Waals surface area contributed by atoms with E-state index in [0.29, 0.717) is 17.4 Å². The van der Waals surface area contributed by atoms with E-state index in [0.717, 1.165) is 11.6 Å². The van der Waals surface area contributed by atoms with E-state index in [1.54, 1.807) is 37.6 Å². The van der Waals surface area contributed by atoms with Crippen LogP contribution in [0.5, 0.6) is 23.1 Å². The fourth-order valence-corrected chi connectivity index (χ4v) is 2.45. The molecule has 7 heteroatoms. The maximum Gasteiger partial charge on any atom is 0.251 e. The number of pyridine rings is 1. The van der Waals surface area contributed by atoms with Crippen molar-refractivity contribution in [1.29, 1.82) is 0 Å². The van der Waals surface area contributed by atoms with E-state index in [2.05, 4.69) is 10.3 Å². The van der Waals surface area contributed by atoms with E-state index in [1.807, 2.05) is 12.1 Å². The van der Waals surface area contributed by atoms with Gasteiger partial charge in [-0.3, -0.25) is 4.79 Å². The largest absolute Gasteiger partial charge is 0.497 e. The number of ether oxygens (including phenoxy) is 3. The Balaban J connectivity index is 1.58. The molecule has 0 unspecified atom stereocenters. The van der Waals surface area contributed by atoms with Crippen LogP contribution in [0.4, 0.5) is 4.39 Å². The number of benzene rings is 2. The van der Waals surface area contributed by atoms with Crippen LogP contribution >= 0.6 is 0 Å². The zero-order valence-electron chi connectivity index (χ0n) is 15.4. The second-order valence-corrected chi connectivity index (χ2v) is 5.82. The molecule has 0 aliphatic carbocycles. The van der Waals surface area contributed by atoms with Crippen molar-refractivity contribution in [2.45, 2.75) is 6.54 Å². The van der Waals surface area contributed by atoms with Gasteiger partial charge in [-0.1, -0.05) is 12.1 Å². The molecule has 3 rings (SSSR count). The molecular formula is C21H19FN2O4. The SMILES string of the molecule is COc1cccc(Oc2ccc(CNC(=O)c3ccc(OC)c(F)c3)cn2)c1. The van der Waals surface area contributed by atoms with Gasteiger partial charge in [-0.05, 0) is 35.9 Å². The number of methoxy groups -OCH3 is 2. The van der Waals surface area contributed by atoms with Crippen LogP contribution < -0.4 is 19.5 Å². The predicted molar refractivity (Wildman–Crippen MR) is 101 cm³/mol. The summed E-state index contributed by atoms with van der Waals surface area (Å²) in [7, 11) is 2.95. The Hall–Kier alpha value is -3.61. The van der Waals surface area contributed by atoms with Gasteiger partial charge in [0.2, 0.25) is 5.88 Å². The molecule has 144 valence electrons. The zero-order chi connectivity index (χ0) is 19.9. The Labute approximate surface area is 161 Å². The molecule has 1 heterocycles. The minimum atomic E-state index is -0.587. The minimum Gasteiger partial charge on any atom is -0.497 e. The molecule has 3 aromatic rings. The first-order chi connectivity index (χ1) is 13.6. The summed E-state index contributed by atoms with van der Waals surface area (Å²) in [6.45, 7) is 0.249. The van der Waals surface area contributed by atoms with Gasteiger partial charge in [-0.2, -0.15) is 0 Å². The van der Waals surface area contributed by atoms with Gasteiger partial charge in [0, 0.05) is 30.4 Å². The molecule has 6 nitrogen and oxygen atoms in total. The normalized spacial score (nSPS) is 10.2. The van der Waals surface area contributed by atoms with Crippen LogP contribution in [0, 0.1) is 5.82 Å². The zero-order valence-corrected chi connectivity index (χ0v) is 15.4. The van der Waals surface area contributed by atoms with Crippen LogP contribution in [0.3, 0.4) is 0 Å². The molecule has 0 atom stereocenters. The van der Waals surface area contributed by atoms with E-state index in [1.165, 1.54) is 19.2 Å². The number of aromatic nitrogens is 1. The number of nitrogens with zero attached hydrogens (tertiary/aromatic N) is 1. The molecule has 1 amide bonds. The number of halogens is 1. The van der Waals surface area contributed by atoms with E-state index in [-0.39, 0.29) is 17.9 Å². The van der Waals surface area contributed by atoms with Crippen LogP contribution in [0.1, 0.15) is 15.9 Å². The van der Waals surface area contributed by atoms with Crippen LogP contribution in [-0.2, 0) is 6.54 Å². The van der Waals surface area contributed by atoms with Crippen LogP contribution in [0.25, 0.3) is 0 Å². The Kier molecular flexibility index (Phi) is 6.06. The van der Waals surface area contributed by atoms with Crippen molar-refractivity contribution >= 4 is 5.91 Å². The van der Waals surface area contributed by atoms with E-state index < -0.39 is 11.7 Å². The lowest BCUT2D eigenvalue weighted by Crippen LogP contribution is -2.23. The van der Waals surface area contributed by atoms with Crippen molar-refractivity contribution < 1.29 is 23.4 Å². The average Bonchev–Trinajstić information content (AvgIpc) is 2.73. The highest BCUT2D eigenvalue weighted by Gasteiger charge is 2.10. The number of hydrogen-bond donors (Lipinski definition) is 1. The van der Waals surface area contributed by atoms with Gasteiger partial charge in [-0.15, -0.1) is 0 Å². The number of amides is 1. The van der Waals surface area contributed by atoms with Crippen LogP contribution in [0.2, 0.25) is 0 Å². The lowest BCUT2D eigenvalue weighted by atomic mass is 10.2. The third kappa shape index (κ3) is 4.76. The van der Waals surface area contributed by atoms with Gasteiger partial charge in [0.15, 0.2) is 11.6 Å². The van der Waals surface area contributed by atoms with Crippen molar-refractivity contribution in [3.63, 3.8) is 0 Å². The lowest BCUT2D eigenvalue weighted by molar-refractivity contribution is 0.0950. The molecule has 0 aliphatic rings. The second-order valence-electron chi connectivity index (χ2n) is 5.82. The second kappa shape index (κ2) is 8.85. The van der Waals surface area contributed by atoms with Gasteiger partial charge in [-0.25, -0.2) is 9.37 Å². The summed E-state index contributed by atoms with van der Waals surface area (Å²) in [6.07, 6.45) is 1.60. The Morgan fingerprint density at radius 2 is 1.86 bits per heavy atom. The molecule has 2 aromatic carbocycles. The summed E-state index contributed by atoms with van der Waals surface area (Å²) < 4.78 is 29.4. The van der Waals surface area contributed by atoms with Gasteiger partial charge < -0.3 is 19.5 Å². The first-order valence-electron chi connectivity index (χ1n) is 8.47. The smallest absolute Gasteiger partial charge is 0.251 e. The molecule has 0 radical (unpaired) electrons. The molecule has 0 saturated heterocycles. The summed E-state index contributed by atoms with van der Waals surface area (Å²) in [6, 6.07) is 14.7. The van der Waals surface area contributed by atoms with Gasteiger partial charge in [0.05, 0.1) is 14.2 Å². The molecule has 1 aromatic heterocycles. The summed E-state index contributed by atoms with van der Waals surface area (Å²) in [5.74, 6) is 0.822. The fourth-order valence-electron chi connectivity index (χ4n) is 2.45. The van der Waals surface area contributed by atoms with Crippen molar-refractivity contribution in [2.24, 2.45) is 0 Å². The molecule has 0 saturated carbocycles. The standard InChI is InChI=1S/C21H19FN2O4/c1-26-16-4-3-5-17(11-16)28-20-9-6-14(12-23-20)13-24-21(25)15-7-8-19(27-2)18(22)10-15/h3-12H,13H2,1-2H3,(H,24,25). The molecular weight excluding hydrogens is 363 g/mol. The monoisotopic (exact) mass is 382 g/mol. The van der Waals surface area contributed by atoms with Crippen LogP contribution in [-0.4, -0.2) is 25.1 Å². The quantitative estimate of drug-likeness (QED) is 0.670. The molecule has 1 N–H and O–H groups in total. The predicted octanol–water partition coefficient (Wildman–Crippen LogP) is 3.96. The van der Waals surface area contributed by atoms with Crippen molar-refractivity contribution in [3.8, 4) is 23.1 Å². The average molecular weight is 382 g/mol. The Morgan fingerprint density at radius 3 is 2.54 bits per heavy atom. The third-order valence-electron chi connectivity index (χ3n) is 3.93. The highest BCUT2D eigenvalue weighted by atomic mass is 19.1. The highest BCUT2D eigenvalue weighted by molar-refractivity contribution is 5.94. The van der Waals surface area contributed by atoms with E-state index in [4.69, 9.17) is 14.2 Å². The summed E-state index contributed by atoms with van der Waals surface area (Å²) in [4.78, 5) is 16.4. The van der Waals surface area contributed by atoms with Crippen molar-refractivity contribution in [1.82, 2.24) is 10.3 Å². The number of nitrogens with one attached hydrogen (secondary N) is 1. The third-order valence-corrected chi connectivity index (χ3v) is 3.93. The molecule has 0 bridgehead atoms. The van der Waals surface area contributed by atoms with E-state index >= 15 is 0 Å². The first-order valence-corrected chi connectivity index (χ1v) is 8.47. The fraction of sp³-hybridized carbons (Fsp3) is 0.143. The van der Waals surface area contributed by atoms with Gasteiger partial charge in [0.25, 0.3) is 5.91 Å². The van der Waals surface area contributed by atoms with Gasteiger partial charge >= 0.3 is 0 Å². The number of rotatable bonds is 7. The topological polar surface area (TPSA) is 69.7 Å². The number of hydrogen-bond acceptors (Lipinski definition) is 5. The van der Waals surface area contributed by atoms with E-state index in [9.17, 15) is 9.18 Å². The molecule has 0 spiro atoms. The van der Waals surface area contributed by atoms with Crippen LogP contribution in [0.15, 0.2) is 60.8 Å². The van der Waals surface area contributed by atoms with Gasteiger partial charge in [0.1, 0.15) is 11.5 Å². The van der Waals surface area contributed by atoms with Crippen molar-refractivity contribution in [2.75, 3.05) is 14.2 Å². The maximum atomic E-state index is 13.7. The Morgan fingerprint density at radius 1 is 1.04 bits per heavy atom. The lowest BCUT2D eigenvalue weighted by Gasteiger charge is -2.09. The summed E-state index contributed by atoms with van der Waals surface area (Å²) >= 11 is 0. The molecule has 0 aliphatic heterocycles. The number of carbonyl (C=O) groups is 1. The Bertz CT molecular complexity index is 961. The first kappa shape index (κ1) is 19.2. The van der Waals surface area contributed by atoms with Crippen molar-refractivity contribution in [3.05, 3.63) is 77.7 Å². The summed E-state index contributed by atoms with van der Waals surface area (Å²) in [5.41, 5.74) is 0.990. The summed E-state index contributed by atoms with van der Waals surface area (Å²) in [5, 5.41) is 2.72. The molecule has 28 heavy (non-hydrogen) atoms. The highest BCUT2D eigenvalue weighted by Crippen LogP contribution is 2.24. The maximum absolute atomic E-state index is 13.7.